The summed E-state index contributed by atoms with van der Waals surface area (Å²) < 4.78 is 0. The van der Waals surface area contributed by atoms with E-state index in [1.54, 1.807) is 12.1 Å². The van der Waals surface area contributed by atoms with Crippen LogP contribution < -0.4 is 5.43 Å². The number of aliphatic hydroxyl groups excluding tert-OH is 1. The molecule has 1 aromatic carbocycles. The Bertz CT molecular complexity index is 573. The van der Waals surface area contributed by atoms with Gasteiger partial charge in [-0.3, -0.25) is 4.79 Å². The number of amides is 2. The van der Waals surface area contributed by atoms with Gasteiger partial charge in [0.15, 0.2) is 0 Å². The van der Waals surface area contributed by atoms with Crippen LogP contribution in [0.4, 0.5) is 4.79 Å². The molecule has 1 aromatic rings. The molecule has 3 N–H and O–H groups in total. The highest BCUT2D eigenvalue weighted by atomic mass is 16.4. The van der Waals surface area contributed by atoms with Gasteiger partial charge in [0, 0.05) is 18.2 Å². The topological polar surface area (TPSA) is 89.9 Å². The van der Waals surface area contributed by atoms with E-state index in [1.165, 1.54) is 0 Å². The van der Waals surface area contributed by atoms with Crippen molar-refractivity contribution in [1.29, 1.82) is 0 Å². The van der Waals surface area contributed by atoms with Gasteiger partial charge in [-0.05, 0) is 44.2 Å². The van der Waals surface area contributed by atoms with E-state index in [9.17, 15) is 14.7 Å². The van der Waals surface area contributed by atoms with Gasteiger partial charge in [0.2, 0.25) is 0 Å². The molecule has 6 heteroatoms. The quantitative estimate of drug-likeness (QED) is 0.695. The monoisotopic (exact) mass is 336 g/mol. The molecular formula is C18H28N2O4. The van der Waals surface area contributed by atoms with Crippen LogP contribution in [0, 0.1) is 19.3 Å². The first-order valence-corrected chi connectivity index (χ1v) is 8.09. The van der Waals surface area contributed by atoms with Gasteiger partial charge in [0.1, 0.15) is 0 Å². The molecule has 0 bridgehead atoms. The number of hydrogen-bond donors (Lipinski definition) is 3. The summed E-state index contributed by atoms with van der Waals surface area (Å²) in [5.74, 6) is -0.604. The highest BCUT2D eigenvalue weighted by Gasteiger charge is 2.31. The second kappa shape index (κ2) is 8.26. The number of nitrogens with zero attached hydrogens (tertiary/aromatic N) is 1. The predicted octanol–water partition coefficient (Wildman–Crippen LogP) is 3.12. The fourth-order valence-electron chi connectivity index (χ4n) is 2.57. The Hall–Kier alpha value is -1.92. The standard InChI is InChI=1S/C18H28N2O4/c1-12-9-13(2)11-14(10-12)16(22)20(17(23)24)19-15(7-6-8-21)18(3,4)5/h9-11,15,19,21H,6-8H2,1-5H3,(H,23,24). The Morgan fingerprint density at radius 3 is 2.12 bits per heavy atom. The fraction of sp³-hybridized carbons (Fsp3) is 0.556. The second-order valence-electron chi connectivity index (χ2n) is 7.21. The van der Waals surface area contributed by atoms with E-state index < -0.39 is 12.0 Å². The number of imide groups is 1. The lowest BCUT2D eigenvalue weighted by atomic mass is 9.84. The summed E-state index contributed by atoms with van der Waals surface area (Å²) >= 11 is 0. The number of carbonyl (C=O) groups excluding carboxylic acids is 1. The van der Waals surface area contributed by atoms with Crippen molar-refractivity contribution in [3.8, 4) is 0 Å². The van der Waals surface area contributed by atoms with Gasteiger partial charge in [-0.15, -0.1) is 0 Å². The van der Waals surface area contributed by atoms with Gasteiger partial charge >= 0.3 is 6.09 Å². The summed E-state index contributed by atoms with van der Waals surface area (Å²) in [6, 6.07) is 5.00. The minimum absolute atomic E-state index is 0.0202. The summed E-state index contributed by atoms with van der Waals surface area (Å²) in [5, 5.41) is 19.2. The molecule has 0 radical (unpaired) electrons. The van der Waals surface area contributed by atoms with E-state index in [0.29, 0.717) is 23.4 Å². The molecular weight excluding hydrogens is 308 g/mol. The van der Waals surface area contributed by atoms with Crippen molar-refractivity contribution in [1.82, 2.24) is 10.4 Å². The molecule has 0 aromatic heterocycles. The summed E-state index contributed by atoms with van der Waals surface area (Å²) in [6.45, 7) is 9.63. The SMILES string of the molecule is Cc1cc(C)cc(C(=O)N(NC(CCCO)C(C)(C)C)C(=O)O)c1. The molecule has 0 aliphatic heterocycles. The van der Waals surface area contributed by atoms with Crippen molar-refractivity contribution in [3.63, 3.8) is 0 Å². The number of carboxylic acid groups (broad SMARTS) is 1. The zero-order chi connectivity index (χ0) is 18.5. The number of aryl methyl sites for hydroxylation is 2. The molecule has 134 valence electrons. The van der Waals surface area contributed by atoms with Crippen LogP contribution in [-0.4, -0.2) is 39.9 Å². The number of benzene rings is 1. The van der Waals surface area contributed by atoms with Gasteiger partial charge < -0.3 is 10.2 Å². The average molecular weight is 336 g/mol. The van der Waals surface area contributed by atoms with Crippen molar-refractivity contribution < 1.29 is 19.8 Å². The first kappa shape index (κ1) is 20.1. The number of hydrogen-bond acceptors (Lipinski definition) is 4. The van der Waals surface area contributed by atoms with Gasteiger partial charge in [0.05, 0.1) is 0 Å². The van der Waals surface area contributed by atoms with E-state index in [0.717, 1.165) is 11.1 Å². The molecule has 0 aliphatic carbocycles. The van der Waals surface area contributed by atoms with Gasteiger partial charge in [-0.1, -0.05) is 38.0 Å². The Kier molecular flexibility index (Phi) is 6.93. The molecule has 1 atom stereocenters. The van der Waals surface area contributed by atoms with Crippen molar-refractivity contribution in [2.24, 2.45) is 5.41 Å². The number of hydrazine groups is 1. The summed E-state index contributed by atoms with van der Waals surface area (Å²) in [7, 11) is 0. The smallest absolute Gasteiger partial charge is 0.429 e. The first-order chi connectivity index (χ1) is 11.1. The van der Waals surface area contributed by atoms with Crippen molar-refractivity contribution >= 4 is 12.0 Å². The molecule has 24 heavy (non-hydrogen) atoms. The van der Waals surface area contributed by atoms with E-state index in [2.05, 4.69) is 5.43 Å². The van der Waals surface area contributed by atoms with E-state index >= 15 is 0 Å². The average Bonchev–Trinajstić information content (AvgIpc) is 2.44. The molecule has 0 aliphatic rings. The van der Waals surface area contributed by atoms with Crippen molar-refractivity contribution in [2.45, 2.75) is 53.5 Å². The minimum Gasteiger partial charge on any atom is -0.464 e. The van der Waals surface area contributed by atoms with Crippen LogP contribution >= 0.6 is 0 Å². The highest BCUT2D eigenvalue weighted by Crippen LogP contribution is 2.24. The predicted molar refractivity (Wildman–Crippen MR) is 92.8 cm³/mol. The molecule has 2 amide bonds. The Labute approximate surface area is 143 Å². The summed E-state index contributed by atoms with van der Waals surface area (Å²) in [5.41, 5.74) is 4.70. The molecule has 0 heterocycles. The van der Waals surface area contributed by atoms with E-state index in [4.69, 9.17) is 5.11 Å². The van der Waals surface area contributed by atoms with Crippen molar-refractivity contribution in [3.05, 3.63) is 34.9 Å². The third-order valence-corrected chi connectivity index (χ3v) is 3.84. The normalized spacial score (nSPS) is 12.8. The lowest BCUT2D eigenvalue weighted by molar-refractivity contribution is 0.0520. The van der Waals surface area contributed by atoms with Gasteiger partial charge in [-0.25, -0.2) is 10.2 Å². The van der Waals surface area contributed by atoms with Crippen molar-refractivity contribution in [2.75, 3.05) is 6.61 Å². The third kappa shape index (κ3) is 5.62. The van der Waals surface area contributed by atoms with Crippen LogP contribution in [0.5, 0.6) is 0 Å². The van der Waals surface area contributed by atoms with Crippen LogP contribution in [0.25, 0.3) is 0 Å². The maximum Gasteiger partial charge on any atom is 0.429 e. The Morgan fingerprint density at radius 2 is 1.71 bits per heavy atom. The van der Waals surface area contributed by atoms with Crippen LogP contribution in [0.2, 0.25) is 0 Å². The number of rotatable bonds is 6. The van der Waals surface area contributed by atoms with E-state index in [-0.39, 0.29) is 18.1 Å². The zero-order valence-electron chi connectivity index (χ0n) is 15.1. The maximum absolute atomic E-state index is 12.7. The van der Waals surface area contributed by atoms with E-state index in [1.807, 2.05) is 40.7 Å². The molecule has 0 saturated heterocycles. The molecule has 6 nitrogen and oxygen atoms in total. The second-order valence-corrected chi connectivity index (χ2v) is 7.21. The zero-order valence-corrected chi connectivity index (χ0v) is 15.1. The number of nitrogens with one attached hydrogen (secondary N) is 1. The molecule has 0 spiro atoms. The Morgan fingerprint density at radius 1 is 1.17 bits per heavy atom. The Balaban J connectivity index is 3.08. The van der Waals surface area contributed by atoms with Gasteiger partial charge in [-0.2, -0.15) is 5.01 Å². The molecule has 0 saturated carbocycles. The molecule has 1 unspecified atom stereocenters. The lowest BCUT2D eigenvalue weighted by Crippen LogP contribution is -2.54. The van der Waals surface area contributed by atoms with Gasteiger partial charge in [0.25, 0.3) is 5.91 Å². The minimum atomic E-state index is -1.35. The molecule has 1 rings (SSSR count). The number of carbonyl (C=O) groups is 2. The van der Waals surface area contributed by atoms with Crippen LogP contribution in [0.3, 0.4) is 0 Å². The van der Waals surface area contributed by atoms with Crippen LogP contribution in [0.15, 0.2) is 18.2 Å². The summed E-state index contributed by atoms with van der Waals surface area (Å²) in [4.78, 5) is 24.3. The number of aliphatic hydroxyl groups is 1. The fourth-order valence-corrected chi connectivity index (χ4v) is 2.57. The largest absolute Gasteiger partial charge is 0.464 e. The maximum atomic E-state index is 12.7. The van der Waals surface area contributed by atoms with Crippen LogP contribution in [0.1, 0.15) is 55.1 Å². The highest BCUT2D eigenvalue weighted by molar-refractivity contribution is 6.02. The summed E-state index contributed by atoms with van der Waals surface area (Å²) in [6.07, 6.45) is -0.262. The lowest BCUT2D eigenvalue weighted by Gasteiger charge is -2.34. The first-order valence-electron chi connectivity index (χ1n) is 8.09. The molecule has 0 fully saturated rings. The van der Waals surface area contributed by atoms with Crippen LogP contribution in [-0.2, 0) is 0 Å². The third-order valence-electron chi connectivity index (χ3n) is 3.84.